The second-order valence-corrected chi connectivity index (χ2v) is 6.08. The first-order valence-corrected chi connectivity index (χ1v) is 9.25. The van der Waals surface area contributed by atoms with Crippen LogP contribution in [0.1, 0.15) is 20.3 Å². The van der Waals surface area contributed by atoms with E-state index in [9.17, 15) is 0 Å². The summed E-state index contributed by atoms with van der Waals surface area (Å²) in [6.45, 7) is 21.0. The normalized spacial score (nSPS) is 23.8. The number of thiocarbonyl (C=S) groups is 1. The predicted molar refractivity (Wildman–Crippen MR) is 119 cm³/mol. The summed E-state index contributed by atoms with van der Waals surface area (Å²) in [6, 6.07) is 0.211. The molecular formula is C19H34N6S. The summed E-state index contributed by atoms with van der Waals surface area (Å²) in [6.07, 6.45) is 4.60. The molecular weight excluding hydrogens is 344 g/mol. The highest BCUT2D eigenvalue weighted by atomic mass is 32.1. The highest BCUT2D eigenvalue weighted by molar-refractivity contribution is 7.80. The van der Waals surface area contributed by atoms with Crippen molar-refractivity contribution in [1.82, 2.24) is 20.5 Å². The molecule has 0 bridgehead atoms. The number of rotatable bonds is 2. The minimum atomic E-state index is 0.211. The van der Waals surface area contributed by atoms with E-state index in [2.05, 4.69) is 70.9 Å². The van der Waals surface area contributed by atoms with E-state index in [0.29, 0.717) is 5.11 Å². The summed E-state index contributed by atoms with van der Waals surface area (Å²) in [4.78, 5) is 8.98. The number of hydrogen-bond donors (Lipinski definition) is 2. The lowest BCUT2D eigenvalue weighted by molar-refractivity contribution is 0.214. The Labute approximate surface area is 164 Å². The fraction of sp³-hybridized carbons (Fsp3) is 0.526. The molecule has 6 nitrogen and oxygen atoms in total. The maximum atomic E-state index is 5.46. The molecule has 0 saturated carbocycles. The monoisotopic (exact) mass is 378 g/mol. The fourth-order valence-corrected chi connectivity index (χ4v) is 2.76. The van der Waals surface area contributed by atoms with Crippen LogP contribution in [0.15, 0.2) is 48.7 Å². The average molecular weight is 379 g/mol. The molecule has 2 N–H and O–H groups in total. The van der Waals surface area contributed by atoms with Crippen LogP contribution < -0.4 is 10.7 Å². The Morgan fingerprint density at radius 3 is 2.42 bits per heavy atom. The van der Waals surface area contributed by atoms with Crippen LogP contribution in [0, 0.1) is 0 Å². The number of piperazine rings is 1. The van der Waals surface area contributed by atoms with Gasteiger partial charge < -0.3 is 15.1 Å². The summed E-state index contributed by atoms with van der Waals surface area (Å²) in [5.74, 6) is 0. The van der Waals surface area contributed by atoms with Gasteiger partial charge in [0.05, 0.1) is 11.4 Å². The minimum Gasteiger partial charge on any atom is -0.345 e. The zero-order chi connectivity index (χ0) is 19.9. The van der Waals surface area contributed by atoms with Crippen molar-refractivity contribution in [2.45, 2.75) is 26.3 Å². The zero-order valence-electron chi connectivity index (χ0n) is 16.5. The Kier molecular flexibility index (Phi) is 13.3. The number of hydrazone groups is 1. The molecule has 2 saturated heterocycles. The van der Waals surface area contributed by atoms with Gasteiger partial charge in [-0.05, 0) is 33.1 Å². The van der Waals surface area contributed by atoms with E-state index >= 15 is 0 Å². The second-order valence-electron chi connectivity index (χ2n) is 5.69. The van der Waals surface area contributed by atoms with Crippen LogP contribution in [-0.2, 0) is 0 Å². The van der Waals surface area contributed by atoms with Crippen molar-refractivity contribution in [3.05, 3.63) is 38.6 Å². The third kappa shape index (κ3) is 8.03. The standard InChI is InChI=1S/C15H26N6S.2C2H4/c1-4-6-17-14-12(2)16-7-5-13(14)18-19-15(22)21-10-8-20(3)9-11-21;2*1-2/h4,6,12,16H,5,7-11H2,1-3H3,(H,19,22);2*1-2H2/b6-4-,17-14+,18-13-;;. The summed E-state index contributed by atoms with van der Waals surface area (Å²) in [7, 11) is 2.13. The summed E-state index contributed by atoms with van der Waals surface area (Å²) >= 11 is 5.46. The molecule has 0 radical (unpaired) electrons. The van der Waals surface area contributed by atoms with Crippen molar-refractivity contribution in [1.29, 1.82) is 0 Å². The summed E-state index contributed by atoms with van der Waals surface area (Å²) < 4.78 is 0. The van der Waals surface area contributed by atoms with Crippen molar-refractivity contribution < 1.29 is 0 Å². The van der Waals surface area contributed by atoms with Crippen LogP contribution in [0.5, 0.6) is 0 Å². The van der Waals surface area contributed by atoms with Crippen LogP contribution in [0.25, 0.3) is 0 Å². The second kappa shape index (κ2) is 14.4. The average Bonchev–Trinajstić information content (AvgIpc) is 2.69. The molecule has 26 heavy (non-hydrogen) atoms. The van der Waals surface area contributed by atoms with E-state index in [4.69, 9.17) is 12.2 Å². The van der Waals surface area contributed by atoms with E-state index in [-0.39, 0.29) is 6.04 Å². The lowest BCUT2D eigenvalue weighted by atomic mass is 10.0. The molecule has 2 aliphatic heterocycles. The quantitative estimate of drug-likeness (QED) is 0.439. The molecule has 0 aromatic heterocycles. The lowest BCUT2D eigenvalue weighted by Gasteiger charge is -2.33. The Balaban J connectivity index is 0.00000146. The largest absolute Gasteiger partial charge is 0.345 e. The van der Waals surface area contributed by atoms with Gasteiger partial charge >= 0.3 is 0 Å². The van der Waals surface area contributed by atoms with Crippen molar-refractivity contribution in [3.8, 4) is 0 Å². The fourth-order valence-electron chi connectivity index (χ4n) is 2.53. The smallest absolute Gasteiger partial charge is 0.189 e. The first kappa shape index (κ1) is 24.2. The van der Waals surface area contributed by atoms with Gasteiger partial charge in [-0.15, -0.1) is 26.3 Å². The molecule has 1 unspecified atom stereocenters. The van der Waals surface area contributed by atoms with Gasteiger partial charge in [0, 0.05) is 51.4 Å². The number of likely N-dealkylation sites (N-methyl/N-ethyl adjacent to an activating group) is 1. The number of nitrogens with one attached hydrogen (secondary N) is 2. The van der Waals surface area contributed by atoms with Crippen molar-refractivity contribution >= 4 is 28.8 Å². The van der Waals surface area contributed by atoms with E-state index in [1.54, 1.807) is 0 Å². The van der Waals surface area contributed by atoms with E-state index in [1.807, 2.05) is 19.2 Å². The van der Waals surface area contributed by atoms with Crippen LogP contribution >= 0.6 is 12.2 Å². The zero-order valence-corrected chi connectivity index (χ0v) is 17.3. The molecule has 0 spiro atoms. The number of allylic oxidation sites excluding steroid dienone is 1. The molecule has 2 aliphatic rings. The van der Waals surface area contributed by atoms with Crippen molar-refractivity contribution in [2.24, 2.45) is 10.1 Å². The first-order chi connectivity index (χ1) is 12.6. The molecule has 2 rings (SSSR count). The van der Waals surface area contributed by atoms with E-state index in [1.165, 1.54) is 0 Å². The van der Waals surface area contributed by atoms with Gasteiger partial charge in [0.25, 0.3) is 0 Å². The van der Waals surface area contributed by atoms with E-state index < -0.39 is 0 Å². The third-order valence-electron chi connectivity index (χ3n) is 3.96. The number of hydrogen-bond acceptors (Lipinski definition) is 5. The van der Waals surface area contributed by atoms with Gasteiger partial charge in [-0.1, -0.05) is 6.08 Å². The maximum Gasteiger partial charge on any atom is 0.189 e. The molecule has 0 aliphatic carbocycles. The molecule has 0 aromatic rings. The lowest BCUT2D eigenvalue weighted by Crippen LogP contribution is -2.50. The maximum absolute atomic E-state index is 5.46. The molecule has 2 heterocycles. The van der Waals surface area contributed by atoms with Crippen LogP contribution in [0.4, 0.5) is 0 Å². The molecule has 2 fully saturated rings. The Morgan fingerprint density at radius 1 is 1.23 bits per heavy atom. The Morgan fingerprint density at radius 2 is 1.85 bits per heavy atom. The van der Waals surface area contributed by atoms with Crippen molar-refractivity contribution in [3.63, 3.8) is 0 Å². The highest BCUT2D eigenvalue weighted by Gasteiger charge is 2.22. The first-order valence-electron chi connectivity index (χ1n) is 8.84. The molecule has 1 atom stereocenters. The molecule has 0 amide bonds. The van der Waals surface area contributed by atoms with Gasteiger partial charge in [-0.3, -0.25) is 10.4 Å². The molecule has 146 valence electrons. The molecule has 0 aromatic carbocycles. The Bertz CT molecular complexity index is 504. The number of piperidine rings is 1. The van der Waals surface area contributed by atoms with Crippen LogP contribution in [0.2, 0.25) is 0 Å². The topological polar surface area (TPSA) is 55.3 Å². The van der Waals surface area contributed by atoms with Gasteiger partial charge in [0.2, 0.25) is 0 Å². The number of aliphatic imine (C=N–C) groups is 1. The number of nitrogens with zero attached hydrogens (tertiary/aromatic N) is 4. The Hall–Kier alpha value is -1.83. The summed E-state index contributed by atoms with van der Waals surface area (Å²) in [5, 5.41) is 8.64. The van der Waals surface area contributed by atoms with Gasteiger partial charge in [0.15, 0.2) is 5.11 Å². The van der Waals surface area contributed by atoms with Crippen LogP contribution in [0.3, 0.4) is 0 Å². The van der Waals surface area contributed by atoms with Gasteiger partial charge in [-0.25, -0.2) is 0 Å². The van der Waals surface area contributed by atoms with Gasteiger partial charge in [-0.2, -0.15) is 5.10 Å². The predicted octanol–water partition coefficient (Wildman–Crippen LogP) is 2.43. The molecule has 7 heteroatoms. The summed E-state index contributed by atoms with van der Waals surface area (Å²) in [5.41, 5.74) is 5.03. The SMILES string of the molecule is C=C.C=C.C\C=C/N=C1/C(=N\NC(=S)N2CCN(C)CC2)CCNC1C. The van der Waals surface area contributed by atoms with Crippen LogP contribution in [-0.4, -0.2) is 72.1 Å². The third-order valence-corrected chi connectivity index (χ3v) is 4.31. The minimum absolute atomic E-state index is 0.211. The van der Waals surface area contributed by atoms with E-state index in [0.717, 1.165) is 50.6 Å². The highest BCUT2D eigenvalue weighted by Crippen LogP contribution is 2.05. The van der Waals surface area contributed by atoms with Crippen molar-refractivity contribution in [2.75, 3.05) is 39.8 Å². The van der Waals surface area contributed by atoms with Gasteiger partial charge in [0.1, 0.15) is 0 Å².